The lowest BCUT2D eigenvalue weighted by Gasteiger charge is -2.31. The SMILES string of the molecule is O=S(=O)(NCCCN1CCC(c2noc3cc(F)ccc23)CC1)c1cccc(Br)c1. The van der Waals surface area contributed by atoms with Gasteiger partial charge in [0, 0.05) is 28.4 Å². The molecule has 6 nitrogen and oxygen atoms in total. The zero-order chi connectivity index (χ0) is 21.1. The summed E-state index contributed by atoms with van der Waals surface area (Å²) in [5.41, 5.74) is 1.40. The average Bonchev–Trinajstić information content (AvgIpc) is 3.15. The molecule has 4 rings (SSSR count). The fourth-order valence-electron chi connectivity index (χ4n) is 3.88. The molecule has 1 aliphatic rings. The van der Waals surface area contributed by atoms with E-state index in [1.54, 1.807) is 30.3 Å². The number of aromatic nitrogens is 1. The van der Waals surface area contributed by atoms with Gasteiger partial charge in [-0.3, -0.25) is 0 Å². The molecular weight excluding hydrogens is 473 g/mol. The fourth-order valence-corrected chi connectivity index (χ4v) is 5.55. The van der Waals surface area contributed by atoms with E-state index < -0.39 is 10.0 Å². The van der Waals surface area contributed by atoms with Gasteiger partial charge in [-0.25, -0.2) is 17.5 Å². The number of sulfonamides is 1. The smallest absolute Gasteiger partial charge is 0.240 e. The number of piperidine rings is 1. The highest BCUT2D eigenvalue weighted by Gasteiger charge is 2.25. The van der Waals surface area contributed by atoms with Crippen LogP contribution in [0.25, 0.3) is 11.0 Å². The second kappa shape index (κ2) is 9.13. The van der Waals surface area contributed by atoms with Gasteiger partial charge in [0.25, 0.3) is 0 Å². The van der Waals surface area contributed by atoms with E-state index in [1.807, 2.05) is 0 Å². The highest BCUT2D eigenvalue weighted by Crippen LogP contribution is 2.32. The van der Waals surface area contributed by atoms with Gasteiger partial charge in [0.2, 0.25) is 10.0 Å². The van der Waals surface area contributed by atoms with Gasteiger partial charge in [-0.15, -0.1) is 0 Å². The quantitative estimate of drug-likeness (QED) is 0.495. The van der Waals surface area contributed by atoms with Crippen LogP contribution >= 0.6 is 15.9 Å². The number of benzene rings is 2. The summed E-state index contributed by atoms with van der Waals surface area (Å²) in [7, 11) is -3.49. The van der Waals surface area contributed by atoms with Crippen molar-refractivity contribution in [2.75, 3.05) is 26.2 Å². The second-order valence-electron chi connectivity index (χ2n) is 7.53. The molecule has 1 aromatic heterocycles. The summed E-state index contributed by atoms with van der Waals surface area (Å²) in [6, 6.07) is 11.2. The van der Waals surface area contributed by atoms with E-state index >= 15 is 0 Å². The lowest BCUT2D eigenvalue weighted by atomic mass is 9.91. The number of likely N-dealkylation sites (tertiary alicyclic amines) is 1. The van der Waals surface area contributed by atoms with Crippen LogP contribution in [-0.4, -0.2) is 44.7 Å². The Morgan fingerprint density at radius 2 is 2.00 bits per heavy atom. The summed E-state index contributed by atoms with van der Waals surface area (Å²) in [5, 5.41) is 5.07. The maximum Gasteiger partial charge on any atom is 0.240 e. The number of halogens is 2. The number of hydrogen-bond acceptors (Lipinski definition) is 5. The van der Waals surface area contributed by atoms with Crippen molar-refractivity contribution in [1.82, 2.24) is 14.8 Å². The minimum absolute atomic E-state index is 0.261. The van der Waals surface area contributed by atoms with Crippen LogP contribution in [0.2, 0.25) is 0 Å². The Labute approximate surface area is 183 Å². The Balaban J connectivity index is 1.24. The van der Waals surface area contributed by atoms with Gasteiger partial charge in [0.1, 0.15) is 5.82 Å². The van der Waals surface area contributed by atoms with Crippen molar-refractivity contribution >= 4 is 36.9 Å². The normalized spacial score (nSPS) is 16.3. The van der Waals surface area contributed by atoms with Gasteiger partial charge >= 0.3 is 0 Å². The van der Waals surface area contributed by atoms with E-state index in [0.29, 0.717) is 18.0 Å². The first-order chi connectivity index (χ1) is 14.4. The van der Waals surface area contributed by atoms with E-state index in [0.717, 1.165) is 54.4 Å². The first-order valence-corrected chi connectivity index (χ1v) is 12.2. The van der Waals surface area contributed by atoms with Crippen LogP contribution in [0.4, 0.5) is 4.39 Å². The molecule has 0 atom stereocenters. The molecular formula is C21H23BrFN3O3S. The first-order valence-electron chi connectivity index (χ1n) is 9.95. The van der Waals surface area contributed by atoms with Crippen LogP contribution in [0.1, 0.15) is 30.9 Å². The molecule has 0 unspecified atom stereocenters. The lowest BCUT2D eigenvalue weighted by molar-refractivity contribution is 0.208. The Kier molecular flexibility index (Phi) is 6.52. The van der Waals surface area contributed by atoms with Crippen LogP contribution in [0.5, 0.6) is 0 Å². The highest BCUT2D eigenvalue weighted by atomic mass is 79.9. The summed E-state index contributed by atoms with van der Waals surface area (Å²) < 4.78 is 46.7. The third-order valence-corrected chi connectivity index (χ3v) is 7.44. The largest absolute Gasteiger partial charge is 0.356 e. The molecule has 2 aromatic carbocycles. The number of fused-ring (bicyclic) bond motifs is 1. The minimum Gasteiger partial charge on any atom is -0.356 e. The molecule has 1 aliphatic heterocycles. The van der Waals surface area contributed by atoms with Crippen molar-refractivity contribution < 1.29 is 17.3 Å². The summed E-state index contributed by atoms with van der Waals surface area (Å²) in [4.78, 5) is 2.60. The zero-order valence-corrected chi connectivity index (χ0v) is 18.8. The monoisotopic (exact) mass is 495 g/mol. The predicted octanol–water partition coefficient (Wildman–Crippen LogP) is 4.28. The number of nitrogens with one attached hydrogen (secondary N) is 1. The van der Waals surface area contributed by atoms with Gasteiger partial charge in [-0.1, -0.05) is 27.2 Å². The summed E-state index contributed by atoms with van der Waals surface area (Å²) >= 11 is 3.30. The molecule has 0 aliphatic carbocycles. The average molecular weight is 496 g/mol. The van der Waals surface area contributed by atoms with E-state index in [1.165, 1.54) is 12.1 Å². The molecule has 30 heavy (non-hydrogen) atoms. The minimum atomic E-state index is -3.49. The van der Waals surface area contributed by atoms with Crippen molar-refractivity contribution in [1.29, 1.82) is 0 Å². The molecule has 1 fully saturated rings. The molecule has 3 aromatic rings. The maximum absolute atomic E-state index is 13.3. The van der Waals surface area contributed by atoms with Crippen molar-refractivity contribution in [3.63, 3.8) is 0 Å². The number of nitrogens with zero attached hydrogens (tertiary/aromatic N) is 2. The summed E-state index contributed by atoms with van der Waals surface area (Å²) in [6.45, 7) is 3.06. The molecule has 0 amide bonds. The van der Waals surface area contributed by atoms with Crippen molar-refractivity contribution in [3.05, 3.63) is 58.4 Å². The molecule has 0 radical (unpaired) electrons. The van der Waals surface area contributed by atoms with E-state index in [4.69, 9.17) is 4.52 Å². The third-order valence-electron chi connectivity index (χ3n) is 5.49. The number of hydrogen-bond donors (Lipinski definition) is 1. The standard InChI is InChI=1S/C21H23BrFN3O3S/c22-16-3-1-4-18(13-16)30(27,28)24-9-2-10-26-11-7-15(8-12-26)21-19-6-5-17(23)14-20(19)29-25-21/h1,3-6,13-15,24H,2,7-12H2. The zero-order valence-electron chi connectivity index (χ0n) is 16.4. The Morgan fingerprint density at radius 3 is 2.77 bits per heavy atom. The van der Waals surface area contributed by atoms with Gasteiger partial charge < -0.3 is 9.42 Å². The van der Waals surface area contributed by atoms with Crippen molar-refractivity contribution in [2.24, 2.45) is 0 Å². The lowest BCUT2D eigenvalue weighted by Crippen LogP contribution is -2.35. The molecule has 9 heteroatoms. The van der Waals surface area contributed by atoms with E-state index in [9.17, 15) is 12.8 Å². The van der Waals surface area contributed by atoms with Crippen molar-refractivity contribution in [2.45, 2.75) is 30.1 Å². The Hall–Kier alpha value is -1.81. The maximum atomic E-state index is 13.3. The van der Waals surface area contributed by atoms with E-state index in [2.05, 4.69) is 30.7 Å². The predicted molar refractivity (Wildman–Crippen MR) is 116 cm³/mol. The fraction of sp³-hybridized carbons (Fsp3) is 0.381. The molecule has 1 saturated heterocycles. The molecule has 160 valence electrons. The second-order valence-corrected chi connectivity index (χ2v) is 10.2. The molecule has 2 heterocycles. The summed E-state index contributed by atoms with van der Waals surface area (Å²) in [6.07, 6.45) is 2.63. The Bertz CT molecular complexity index is 1130. The van der Waals surface area contributed by atoms with Crippen LogP contribution in [0, 0.1) is 5.82 Å². The molecule has 0 saturated carbocycles. The summed E-state index contributed by atoms with van der Waals surface area (Å²) in [5.74, 6) is -0.0291. The highest BCUT2D eigenvalue weighted by molar-refractivity contribution is 9.10. The van der Waals surface area contributed by atoms with Gasteiger partial charge in [0.05, 0.1) is 10.6 Å². The van der Waals surface area contributed by atoms with Gasteiger partial charge in [0.15, 0.2) is 5.58 Å². The topological polar surface area (TPSA) is 75.4 Å². The molecule has 1 N–H and O–H groups in total. The third kappa shape index (κ3) is 4.91. The van der Waals surface area contributed by atoms with E-state index in [-0.39, 0.29) is 10.7 Å². The van der Waals surface area contributed by atoms with Crippen LogP contribution < -0.4 is 4.72 Å². The molecule has 0 spiro atoms. The van der Waals surface area contributed by atoms with Crippen LogP contribution in [0.15, 0.2) is 56.4 Å². The van der Waals surface area contributed by atoms with Crippen molar-refractivity contribution in [3.8, 4) is 0 Å². The van der Waals surface area contributed by atoms with Gasteiger partial charge in [-0.05, 0) is 69.2 Å². The Morgan fingerprint density at radius 1 is 1.20 bits per heavy atom. The van der Waals surface area contributed by atoms with Crippen LogP contribution in [0.3, 0.4) is 0 Å². The molecule has 0 bridgehead atoms. The first kappa shape index (κ1) is 21.4. The van der Waals surface area contributed by atoms with Gasteiger partial charge in [-0.2, -0.15) is 0 Å². The van der Waals surface area contributed by atoms with Crippen LogP contribution in [-0.2, 0) is 10.0 Å². The number of rotatable bonds is 7.